The minimum absolute atomic E-state index is 0.126. The first-order valence-electron chi connectivity index (χ1n) is 6.49. The van der Waals surface area contributed by atoms with Crippen molar-refractivity contribution in [1.82, 2.24) is 14.8 Å². The van der Waals surface area contributed by atoms with Crippen LogP contribution in [0.25, 0.3) is 0 Å². The van der Waals surface area contributed by atoms with Crippen LogP contribution in [0.3, 0.4) is 0 Å². The third kappa shape index (κ3) is 2.80. The molecule has 0 bridgehead atoms. The second-order valence-electron chi connectivity index (χ2n) is 5.25. The predicted molar refractivity (Wildman–Crippen MR) is 73.2 cm³/mol. The van der Waals surface area contributed by atoms with E-state index in [1.54, 1.807) is 44.2 Å². The van der Waals surface area contributed by atoms with E-state index >= 15 is 0 Å². The van der Waals surface area contributed by atoms with Crippen LogP contribution in [-0.2, 0) is 9.53 Å². The summed E-state index contributed by atoms with van der Waals surface area (Å²) in [5.74, 6) is -0.264. The molecule has 2 rings (SSSR count). The molecular formula is C14H19N3O3. The summed E-state index contributed by atoms with van der Waals surface area (Å²) in [6.07, 6.45) is 3.15. The third-order valence-corrected chi connectivity index (χ3v) is 3.33. The van der Waals surface area contributed by atoms with Gasteiger partial charge in [-0.1, -0.05) is 0 Å². The van der Waals surface area contributed by atoms with Crippen LogP contribution in [0.1, 0.15) is 17.3 Å². The van der Waals surface area contributed by atoms with Gasteiger partial charge < -0.3 is 14.5 Å². The lowest BCUT2D eigenvalue weighted by Crippen LogP contribution is -2.59. The summed E-state index contributed by atoms with van der Waals surface area (Å²) in [6, 6.07) is 3.44. The van der Waals surface area contributed by atoms with Crippen molar-refractivity contribution in [3.05, 3.63) is 30.1 Å². The number of morpholine rings is 1. The zero-order valence-corrected chi connectivity index (χ0v) is 12.0. The number of carbonyl (C=O) groups excluding carboxylic acids is 2. The summed E-state index contributed by atoms with van der Waals surface area (Å²) < 4.78 is 5.60. The molecule has 108 valence electrons. The number of nitrogens with zero attached hydrogens (tertiary/aromatic N) is 3. The standard InChI is InChI=1S/C14H19N3O3/c1-14(13(19)16(2)3)10-17(7-8-20-14)12(18)11-5-4-6-15-9-11/h4-6,9H,7-8,10H2,1-3H3/t14-/m1/s1. The highest BCUT2D eigenvalue weighted by molar-refractivity contribution is 5.95. The summed E-state index contributed by atoms with van der Waals surface area (Å²) in [6.45, 7) is 2.79. The number of hydrogen-bond acceptors (Lipinski definition) is 4. The molecule has 0 spiro atoms. The van der Waals surface area contributed by atoms with Gasteiger partial charge in [0.25, 0.3) is 11.8 Å². The van der Waals surface area contributed by atoms with Gasteiger partial charge >= 0.3 is 0 Å². The lowest BCUT2D eigenvalue weighted by atomic mass is 10.0. The van der Waals surface area contributed by atoms with Gasteiger partial charge in [-0.2, -0.15) is 0 Å². The maximum atomic E-state index is 12.4. The maximum Gasteiger partial charge on any atom is 0.255 e. The number of pyridine rings is 1. The quantitative estimate of drug-likeness (QED) is 0.785. The summed E-state index contributed by atoms with van der Waals surface area (Å²) in [7, 11) is 3.36. The molecule has 1 aromatic rings. The number of likely N-dealkylation sites (N-methyl/N-ethyl adjacent to an activating group) is 1. The van der Waals surface area contributed by atoms with Crippen LogP contribution in [0.5, 0.6) is 0 Å². The third-order valence-electron chi connectivity index (χ3n) is 3.33. The molecule has 1 fully saturated rings. The van der Waals surface area contributed by atoms with E-state index < -0.39 is 5.60 Å². The molecule has 0 aliphatic carbocycles. The summed E-state index contributed by atoms with van der Waals surface area (Å²) in [4.78, 5) is 31.6. The number of amides is 2. The van der Waals surface area contributed by atoms with E-state index in [0.717, 1.165) is 0 Å². The Labute approximate surface area is 118 Å². The van der Waals surface area contributed by atoms with Crippen molar-refractivity contribution in [3.63, 3.8) is 0 Å². The Hall–Kier alpha value is -1.95. The van der Waals surface area contributed by atoms with Crippen molar-refractivity contribution < 1.29 is 14.3 Å². The largest absolute Gasteiger partial charge is 0.362 e. The molecule has 2 amide bonds. The van der Waals surface area contributed by atoms with Gasteiger partial charge in [0.05, 0.1) is 18.7 Å². The molecule has 1 aliphatic heterocycles. The fourth-order valence-corrected chi connectivity index (χ4v) is 2.32. The van der Waals surface area contributed by atoms with E-state index in [9.17, 15) is 9.59 Å². The summed E-state index contributed by atoms with van der Waals surface area (Å²) in [5, 5.41) is 0. The Bertz CT molecular complexity index is 504. The summed E-state index contributed by atoms with van der Waals surface area (Å²) in [5.41, 5.74) is -0.464. The molecule has 0 saturated carbocycles. The zero-order chi connectivity index (χ0) is 14.8. The minimum Gasteiger partial charge on any atom is -0.362 e. The number of rotatable bonds is 2. The minimum atomic E-state index is -0.986. The normalized spacial score (nSPS) is 22.4. The molecule has 0 N–H and O–H groups in total. The number of ether oxygens (including phenoxy) is 1. The van der Waals surface area contributed by atoms with E-state index in [2.05, 4.69) is 4.98 Å². The van der Waals surface area contributed by atoms with Crippen molar-refractivity contribution >= 4 is 11.8 Å². The van der Waals surface area contributed by atoms with Crippen LogP contribution in [0.4, 0.5) is 0 Å². The van der Waals surface area contributed by atoms with Crippen molar-refractivity contribution in [2.24, 2.45) is 0 Å². The molecule has 0 unspecified atom stereocenters. The van der Waals surface area contributed by atoms with Crippen molar-refractivity contribution in [1.29, 1.82) is 0 Å². The Morgan fingerprint density at radius 3 is 2.80 bits per heavy atom. The van der Waals surface area contributed by atoms with E-state index in [0.29, 0.717) is 18.7 Å². The molecule has 1 atom stereocenters. The molecule has 6 nitrogen and oxygen atoms in total. The first-order valence-corrected chi connectivity index (χ1v) is 6.49. The van der Waals surface area contributed by atoms with Crippen LogP contribution >= 0.6 is 0 Å². The molecule has 0 aromatic carbocycles. The molecule has 0 radical (unpaired) electrons. The van der Waals surface area contributed by atoms with Crippen LogP contribution in [0.2, 0.25) is 0 Å². The van der Waals surface area contributed by atoms with E-state index in [1.165, 1.54) is 11.1 Å². The average Bonchev–Trinajstić information content (AvgIpc) is 2.46. The van der Waals surface area contributed by atoms with E-state index in [4.69, 9.17) is 4.74 Å². The Kier molecular flexibility index (Phi) is 4.04. The first kappa shape index (κ1) is 14.5. The fourth-order valence-electron chi connectivity index (χ4n) is 2.32. The van der Waals surface area contributed by atoms with Gasteiger partial charge in [0, 0.05) is 33.0 Å². The second kappa shape index (κ2) is 5.58. The second-order valence-corrected chi connectivity index (χ2v) is 5.25. The molecular weight excluding hydrogens is 258 g/mol. The van der Waals surface area contributed by atoms with Crippen LogP contribution in [0, 0.1) is 0 Å². The average molecular weight is 277 g/mol. The molecule has 1 aromatic heterocycles. The topological polar surface area (TPSA) is 62.7 Å². The first-order chi connectivity index (χ1) is 9.44. The fraction of sp³-hybridized carbons (Fsp3) is 0.500. The number of hydrogen-bond donors (Lipinski definition) is 0. The van der Waals surface area contributed by atoms with Gasteiger partial charge in [-0.15, -0.1) is 0 Å². The number of aromatic nitrogens is 1. The van der Waals surface area contributed by atoms with Crippen LogP contribution < -0.4 is 0 Å². The lowest BCUT2D eigenvalue weighted by molar-refractivity contribution is -0.162. The lowest BCUT2D eigenvalue weighted by Gasteiger charge is -2.40. The highest BCUT2D eigenvalue weighted by atomic mass is 16.5. The Morgan fingerprint density at radius 1 is 1.45 bits per heavy atom. The van der Waals surface area contributed by atoms with Gasteiger partial charge in [0.15, 0.2) is 5.60 Å². The maximum absolute atomic E-state index is 12.4. The molecule has 6 heteroatoms. The van der Waals surface area contributed by atoms with Gasteiger partial charge in [-0.05, 0) is 19.1 Å². The Balaban J connectivity index is 2.15. The highest BCUT2D eigenvalue weighted by Crippen LogP contribution is 2.21. The number of carbonyl (C=O) groups is 2. The monoisotopic (exact) mass is 277 g/mol. The van der Waals surface area contributed by atoms with Gasteiger partial charge in [0.1, 0.15) is 0 Å². The van der Waals surface area contributed by atoms with Gasteiger partial charge in [-0.3, -0.25) is 14.6 Å². The van der Waals surface area contributed by atoms with E-state index in [1.807, 2.05) is 0 Å². The molecule has 20 heavy (non-hydrogen) atoms. The van der Waals surface area contributed by atoms with Crippen LogP contribution in [0.15, 0.2) is 24.5 Å². The van der Waals surface area contributed by atoms with Crippen molar-refractivity contribution in [2.45, 2.75) is 12.5 Å². The van der Waals surface area contributed by atoms with Gasteiger partial charge in [-0.25, -0.2) is 0 Å². The molecule has 1 saturated heterocycles. The SMILES string of the molecule is CN(C)C(=O)[C@@]1(C)CN(C(=O)c2cccnc2)CCO1. The summed E-state index contributed by atoms with van der Waals surface area (Å²) >= 11 is 0. The van der Waals surface area contributed by atoms with Crippen molar-refractivity contribution in [3.8, 4) is 0 Å². The van der Waals surface area contributed by atoms with E-state index in [-0.39, 0.29) is 18.4 Å². The zero-order valence-electron chi connectivity index (χ0n) is 12.0. The smallest absolute Gasteiger partial charge is 0.255 e. The van der Waals surface area contributed by atoms with Crippen LogP contribution in [-0.4, -0.2) is 66.0 Å². The molecule has 2 heterocycles. The van der Waals surface area contributed by atoms with Crippen molar-refractivity contribution in [2.75, 3.05) is 33.8 Å². The Morgan fingerprint density at radius 2 is 2.20 bits per heavy atom. The van der Waals surface area contributed by atoms with Gasteiger partial charge in [0.2, 0.25) is 0 Å². The molecule has 1 aliphatic rings. The highest BCUT2D eigenvalue weighted by Gasteiger charge is 2.41. The predicted octanol–water partition coefficient (Wildman–Crippen LogP) is 0.401.